The van der Waals surface area contributed by atoms with Gasteiger partial charge in [-0.25, -0.2) is 0 Å². The fourth-order valence-corrected chi connectivity index (χ4v) is 1.96. The Hall–Kier alpha value is -2.09. The van der Waals surface area contributed by atoms with Crippen LogP contribution in [0.15, 0.2) is 27.2 Å². The first-order valence-electron chi connectivity index (χ1n) is 5.37. The molecule has 0 saturated carbocycles. The lowest BCUT2D eigenvalue weighted by Crippen LogP contribution is -1.99. The van der Waals surface area contributed by atoms with Gasteiger partial charge in [-0.15, -0.1) is 0 Å². The minimum absolute atomic E-state index is 0.131. The van der Waals surface area contributed by atoms with Crippen LogP contribution in [-0.2, 0) is 0 Å². The summed E-state index contributed by atoms with van der Waals surface area (Å²) in [7, 11) is 0. The zero-order chi connectivity index (χ0) is 14.0. The van der Waals surface area contributed by atoms with Crippen molar-refractivity contribution in [2.75, 3.05) is 12.3 Å². The Morgan fingerprint density at radius 1 is 1.58 bits per heavy atom. The Balaban J connectivity index is 2.66. The molecule has 7 nitrogen and oxygen atoms in total. The van der Waals surface area contributed by atoms with Crippen LogP contribution in [0.1, 0.15) is 6.92 Å². The zero-order valence-electron chi connectivity index (χ0n) is 9.92. The molecule has 0 fully saturated rings. The lowest BCUT2D eigenvalue weighted by molar-refractivity contribution is -0.385. The van der Waals surface area contributed by atoms with Gasteiger partial charge >= 0.3 is 5.69 Å². The van der Waals surface area contributed by atoms with E-state index in [9.17, 15) is 10.1 Å². The average molecular weight is 328 g/mol. The largest absolute Gasteiger partial charge is 0.487 e. The van der Waals surface area contributed by atoms with E-state index >= 15 is 0 Å². The summed E-state index contributed by atoms with van der Waals surface area (Å²) >= 11 is 3.23. The maximum absolute atomic E-state index is 11.0. The molecule has 0 aliphatic heterocycles. The normalized spacial score (nSPS) is 10.4. The Morgan fingerprint density at radius 2 is 2.32 bits per heavy atom. The van der Waals surface area contributed by atoms with Gasteiger partial charge in [0.05, 0.1) is 17.1 Å². The monoisotopic (exact) mass is 327 g/mol. The molecule has 0 aliphatic rings. The Labute approximate surface area is 116 Å². The highest BCUT2D eigenvalue weighted by molar-refractivity contribution is 9.10. The molecule has 0 unspecified atom stereocenters. The van der Waals surface area contributed by atoms with E-state index in [1.807, 2.05) is 0 Å². The quantitative estimate of drug-likeness (QED) is 0.683. The molecule has 1 aromatic heterocycles. The van der Waals surface area contributed by atoms with Crippen molar-refractivity contribution in [1.82, 2.24) is 5.16 Å². The molecule has 2 rings (SSSR count). The number of hydrogen-bond acceptors (Lipinski definition) is 6. The molecule has 1 heterocycles. The van der Waals surface area contributed by atoms with Crippen LogP contribution in [0.2, 0.25) is 0 Å². The van der Waals surface area contributed by atoms with E-state index in [1.165, 1.54) is 6.07 Å². The zero-order valence-corrected chi connectivity index (χ0v) is 11.5. The number of benzene rings is 1. The van der Waals surface area contributed by atoms with E-state index in [-0.39, 0.29) is 17.3 Å². The molecule has 0 radical (unpaired) electrons. The summed E-state index contributed by atoms with van der Waals surface area (Å²) in [4.78, 5) is 10.5. The average Bonchev–Trinajstić information content (AvgIpc) is 2.70. The van der Waals surface area contributed by atoms with E-state index < -0.39 is 4.92 Å². The molecule has 19 heavy (non-hydrogen) atoms. The number of para-hydroxylation sites is 1. The second kappa shape index (κ2) is 5.27. The summed E-state index contributed by atoms with van der Waals surface area (Å²) < 4.78 is 10.9. The van der Waals surface area contributed by atoms with E-state index in [4.69, 9.17) is 15.0 Å². The van der Waals surface area contributed by atoms with E-state index in [0.717, 1.165) is 0 Å². The SMILES string of the molecule is CCOc1c(-c2onc(N)c2Br)cccc1[N+](=O)[O-]. The van der Waals surface area contributed by atoms with Gasteiger partial charge in [0.25, 0.3) is 0 Å². The number of rotatable bonds is 4. The summed E-state index contributed by atoms with van der Waals surface area (Å²) in [5.41, 5.74) is 5.86. The molecule has 0 saturated heterocycles. The number of anilines is 1. The first-order chi connectivity index (χ1) is 9.06. The van der Waals surface area contributed by atoms with Gasteiger partial charge in [-0.1, -0.05) is 11.2 Å². The number of aromatic nitrogens is 1. The van der Waals surface area contributed by atoms with Crippen LogP contribution in [-0.4, -0.2) is 16.7 Å². The van der Waals surface area contributed by atoms with E-state index in [1.54, 1.807) is 19.1 Å². The first kappa shape index (κ1) is 13.3. The van der Waals surface area contributed by atoms with Crippen molar-refractivity contribution in [3.05, 3.63) is 32.8 Å². The molecule has 1 aromatic carbocycles. The lowest BCUT2D eigenvalue weighted by atomic mass is 10.1. The molecule has 2 N–H and O–H groups in total. The van der Waals surface area contributed by atoms with Crippen LogP contribution in [0.25, 0.3) is 11.3 Å². The van der Waals surface area contributed by atoms with Crippen LogP contribution in [0.4, 0.5) is 11.5 Å². The third-order valence-corrected chi connectivity index (χ3v) is 3.15. The Bertz CT molecular complexity index is 626. The van der Waals surface area contributed by atoms with Crippen LogP contribution in [0.5, 0.6) is 5.75 Å². The van der Waals surface area contributed by atoms with Gasteiger partial charge in [0.1, 0.15) is 4.47 Å². The Kier molecular flexibility index (Phi) is 3.70. The van der Waals surface area contributed by atoms with Gasteiger partial charge in [0.15, 0.2) is 11.6 Å². The molecular formula is C11H10BrN3O4. The molecule has 0 spiro atoms. The summed E-state index contributed by atoms with van der Waals surface area (Å²) in [6.45, 7) is 2.03. The molecular weight excluding hydrogens is 318 g/mol. The van der Waals surface area contributed by atoms with E-state index in [2.05, 4.69) is 21.1 Å². The first-order valence-corrected chi connectivity index (χ1v) is 6.16. The maximum Gasteiger partial charge on any atom is 0.311 e. The summed E-state index contributed by atoms with van der Waals surface area (Å²) in [5, 5.41) is 14.6. The maximum atomic E-state index is 11.0. The second-order valence-corrected chi connectivity index (χ2v) is 4.35. The number of nitrogens with two attached hydrogens (primary N) is 1. The van der Waals surface area contributed by atoms with Crippen LogP contribution in [0.3, 0.4) is 0 Å². The highest BCUT2D eigenvalue weighted by Gasteiger charge is 2.24. The topological polar surface area (TPSA) is 104 Å². The van der Waals surface area contributed by atoms with Crippen LogP contribution < -0.4 is 10.5 Å². The van der Waals surface area contributed by atoms with Gasteiger partial charge in [-0.2, -0.15) is 0 Å². The third kappa shape index (κ3) is 2.39. The predicted octanol–water partition coefficient (Wildman–Crippen LogP) is 2.99. The summed E-state index contributed by atoms with van der Waals surface area (Å²) in [6, 6.07) is 4.55. The van der Waals surface area contributed by atoms with Gasteiger partial charge in [0.2, 0.25) is 5.75 Å². The second-order valence-electron chi connectivity index (χ2n) is 3.55. The van der Waals surface area contributed by atoms with E-state index in [0.29, 0.717) is 22.4 Å². The minimum atomic E-state index is -0.512. The predicted molar refractivity (Wildman–Crippen MR) is 71.9 cm³/mol. The fourth-order valence-electron chi connectivity index (χ4n) is 1.60. The van der Waals surface area contributed by atoms with Crippen molar-refractivity contribution in [1.29, 1.82) is 0 Å². The number of hydrogen-bond donors (Lipinski definition) is 1. The minimum Gasteiger partial charge on any atom is -0.487 e. The van der Waals surface area contributed by atoms with Crippen molar-refractivity contribution in [3.8, 4) is 17.1 Å². The molecule has 8 heteroatoms. The summed E-state index contributed by atoms with van der Waals surface area (Å²) in [6.07, 6.45) is 0. The molecule has 0 bridgehead atoms. The van der Waals surface area contributed by atoms with Crippen LogP contribution >= 0.6 is 15.9 Å². The number of ether oxygens (including phenoxy) is 1. The van der Waals surface area contributed by atoms with Crippen molar-refractivity contribution in [2.24, 2.45) is 0 Å². The van der Waals surface area contributed by atoms with Gasteiger partial charge in [-0.3, -0.25) is 10.1 Å². The van der Waals surface area contributed by atoms with Gasteiger partial charge in [-0.05, 0) is 28.9 Å². The number of halogens is 1. The van der Waals surface area contributed by atoms with Crippen molar-refractivity contribution < 1.29 is 14.2 Å². The summed E-state index contributed by atoms with van der Waals surface area (Å²) in [5.74, 6) is 0.598. The lowest BCUT2D eigenvalue weighted by Gasteiger charge is -2.08. The molecule has 0 aliphatic carbocycles. The van der Waals surface area contributed by atoms with Crippen molar-refractivity contribution >= 4 is 27.4 Å². The Morgan fingerprint density at radius 3 is 2.84 bits per heavy atom. The molecule has 2 aromatic rings. The van der Waals surface area contributed by atoms with Gasteiger partial charge in [0, 0.05) is 6.07 Å². The van der Waals surface area contributed by atoms with Gasteiger partial charge < -0.3 is 15.0 Å². The van der Waals surface area contributed by atoms with Crippen molar-refractivity contribution in [2.45, 2.75) is 6.92 Å². The standard InChI is InChI=1S/C11H10BrN3O4/c1-2-18-9-6(4-3-5-7(9)15(16)17)10-8(12)11(13)14-19-10/h3-5H,2H2,1H3,(H2,13,14). The number of nitro benzene ring substituents is 1. The molecule has 0 atom stereocenters. The molecule has 100 valence electrons. The fraction of sp³-hybridized carbons (Fsp3) is 0.182. The highest BCUT2D eigenvalue weighted by Crippen LogP contribution is 2.42. The van der Waals surface area contributed by atoms with Crippen molar-refractivity contribution in [3.63, 3.8) is 0 Å². The highest BCUT2D eigenvalue weighted by atomic mass is 79.9. The smallest absolute Gasteiger partial charge is 0.311 e. The number of nitro groups is 1. The third-order valence-electron chi connectivity index (χ3n) is 2.38. The molecule has 0 amide bonds. The number of nitrogen functional groups attached to an aromatic ring is 1. The van der Waals surface area contributed by atoms with Crippen LogP contribution in [0, 0.1) is 10.1 Å². The number of nitrogens with zero attached hydrogens (tertiary/aromatic N) is 2.